The fraction of sp³-hybridized carbons (Fsp3) is 0.440. The Morgan fingerprint density at radius 3 is 2.75 bits per heavy atom. The molecular formula is C25H32FN3O3. The Morgan fingerprint density at radius 1 is 1.28 bits per heavy atom. The van der Waals surface area contributed by atoms with Gasteiger partial charge < -0.3 is 20.7 Å². The van der Waals surface area contributed by atoms with Crippen LogP contribution in [-0.2, 0) is 6.42 Å². The van der Waals surface area contributed by atoms with Gasteiger partial charge in [0.1, 0.15) is 18.2 Å². The summed E-state index contributed by atoms with van der Waals surface area (Å²) in [7, 11) is 1.84. The number of aldehydes is 1. The van der Waals surface area contributed by atoms with Crippen molar-refractivity contribution in [1.29, 1.82) is 0 Å². The molecule has 6 nitrogen and oxygen atoms in total. The third-order valence-corrected chi connectivity index (χ3v) is 6.05. The first-order valence-electron chi connectivity index (χ1n) is 11.1. The Balaban J connectivity index is 1.73. The van der Waals surface area contributed by atoms with E-state index in [4.69, 9.17) is 4.74 Å². The molecule has 1 atom stereocenters. The maximum Gasteiger partial charge on any atom is 0.254 e. The molecule has 1 unspecified atom stereocenters. The molecule has 2 aromatic carbocycles. The van der Waals surface area contributed by atoms with Crippen LogP contribution in [0.3, 0.4) is 0 Å². The Kier molecular flexibility index (Phi) is 8.36. The van der Waals surface area contributed by atoms with Gasteiger partial charge in [-0.25, -0.2) is 4.39 Å². The fourth-order valence-corrected chi connectivity index (χ4v) is 4.02. The van der Waals surface area contributed by atoms with E-state index >= 15 is 0 Å². The number of carbonyl (C=O) groups excluding carboxylic acids is 2. The Hall–Kier alpha value is -2.77. The molecule has 1 aliphatic rings. The number of hydrogen-bond donors (Lipinski definition) is 3. The first-order valence-corrected chi connectivity index (χ1v) is 11.1. The van der Waals surface area contributed by atoms with Crippen LogP contribution in [0.15, 0.2) is 24.3 Å². The molecule has 1 amide bonds. The van der Waals surface area contributed by atoms with Crippen LogP contribution in [0.1, 0.15) is 55.8 Å². The summed E-state index contributed by atoms with van der Waals surface area (Å²) in [6, 6.07) is 6.75. The third kappa shape index (κ3) is 5.72. The topological polar surface area (TPSA) is 79.5 Å². The number of benzene rings is 2. The lowest BCUT2D eigenvalue weighted by Gasteiger charge is -2.17. The lowest BCUT2D eigenvalue weighted by atomic mass is 9.93. The highest BCUT2D eigenvalue weighted by Gasteiger charge is 2.18. The van der Waals surface area contributed by atoms with Crippen molar-refractivity contribution in [2.45, 2.75) is 39.2 Å². The summed E-state index contributed by atoms with van der Waals surface area (Å²) in [5, 5.41) is 9.13. The molecule has 1 aliphatic heterocycles. The van der Waals surface area contributed by atoms with Gasteiger partial charge in [-0.15, -0.1) is 0 Å². The van der Waals surface area contributed by atoms with Gasteiger partial charge in [0.05, 0.1) is 11.1 Å². The predicted octanol–water partition coefficient (Wildman–Crippen LogP) is 2.93. The van der Waals surface area contributed by atoms with Crippen molar-refractivity contribution in [3.05, 3.63) is 63.5 Å². The van der Waals surface area contributed by atoms with Crippen molar-refractivity contribution < 1.29 is 18.7 Å². The van der Waals surface area contributed by atoms with Crippen molar-refractivity contribution in [3.8, 4) is 5.75 Å². The number of hydrogen-bond acceptors (Lipinski definition) is 5. The number of ether oxygens (including phenoxy) is 1. The van der Waals surface area contributed by atoms with Crippen molar-refractivity contribution in [1.82, 2.24) is 16.0 Å². The average molecular weight is 442 g/mol. The van der Waals surface area contributed by atoms with Gasteiger partial charge in [0.15, 0.2) is 6.29 Å². The lowest BCUT2D eigenvalue weighted by Crippen LogP contribution is -2.37. The molecule has 1 fully saturated rings. The molecule has 3 N–H and O–H groups in total. The molecule has 7 heteroatoms. The van der Waals surface area contributed by atoms with Gasteiger partial charge in [0.2, 0.25) is 0 Å². The van der Waals surface area contributed by atoms with Gasteiger partial charge in [0, 0.05) is 19.1 Å². The Morgan fingerprint density at radius 2 is 2.09 bits per heavy atom. The molecule has 0 radical (unpaired) electrons. The van der Waals surface area contributed by atoms with Gasteiger partial charge in [-0.2, -0.15) is 0 Å². The molecule has 1 saturated heterocycles. The van der Waals surface area contributed by atoms with E-state index in [1.807, 2.05) is 20.9 Å². The number of nitrogens with one attached hydrogen (secondary N) is 3. The number of carbonyl (C=O) groups is 2. The predicted molar refractivity (Wildman–Crippen MR) is 123 cm³/mol. The van der Waals surface area contributed by atoms with Crippen molar-refractivity contribution in [2.75, 3.05) is 33.3 Å². The number of halogens is 1. The zero-order valence-corrected chi connectivity index (χ0v) is 19.0. The van der Waals surface area contributed by atoms with Gasteiger partial charge in [-0.05, 0) is 87.2 Å². The van der Waals surface area contributed by atoms with E-state index in [-0.39, 0.29) is 11.6 Å². The second kappa shape index (κ2) is 11.2. The van der Waals surface area contributed by atoms with Crippen LogP contribution in [-0.4, -0.2) is 51.5 Å². The summed E-state index contributed by atoms with van der Waals surface area (Å²) >= 11 is 0. The quantitative estimate of drug-likeness (QED) is 0.390. The molecular weight excluding hydrogens is 409 g/mol. The van der Waals surface area contributed by atoms with Crippen LogP contribution in [0.4, 0.5) is 4.39 Å². The summed E-state index contributed by atoms with van der Waals surface area (Å²) in [4.78, 5) is 24.0. The van der Waals surface area contributed by atoms with E-state index in [2.05, 4.69) is 16.0 Å². The summed E-state index contributed by atoms with van der Waals surface area (Å²) in [6.07, 6.45) is 3.35. The molecule has 0 saturated carbocycles. The van der Waals surface area contributed by atoms with Crippen molar-refractivity contribution >= 4 is 12.2 Å². The zero-order valence-electron chi connectivity index (χ0n) is 19.0. The standard InChI is InChI=1S/C25H32FN3O3/c1-16-17(2)24(32-10-9-27-3)20(15-30)13-19(16)11-18-6-7-22(23(26)12-18)25(31)29-14-21-5-4-8-28-21/h6-7,12-13,15,21,27-28H,4-5,8-11,14H2,1-3H3,(H,29,31). The second-order valence-electron chi connectivity index (χ2n) is 8.27. The minimum Gasteiger partial charge on any atom is -0.491 e. The molecule has 0 aliphatic carbocycles. The highest BCUT2D eigenvalue weighted by atomic mass is 19.1. The molecule has 0 bridgehead atoms. The maximum absolute atomic E-state index is 14.7. The molecule has 0 aromatic heterocycles. The van der Waals surface area contributed by atoms with Crippen LogP contribution in [0.5, 0.6) is 5.75 Å². The van der Waals surface area contributed by atoms with Crippen LogP contribution in [0.25, 0.3) is 0 Å². The van der Waals surface area contributed by atoms with Crippen molar-refractivity contribution in [3.63, 3.8) is 0 Å². The smallest absolute Gasteiger partial charge is 0.254 e. The van der Waals surface area contributed by atoms with Crippen LogP contribution in [0, 0.1) is 19.7 Å². The van der Waals surface area contributed by atoms with Gasteiger partial charge in [-0.3, -0.25) is 9.59 Å². The first-order chi connectivity index (χ1) is 15.4. The van der Waals surface area contributed by atoms with Gasteiger partial charge in [-0.1, -0.05) is 6.07 Å². The molecule has 3 rings (SSSR count). The Bertz CT molecular complexity index is 971. The van der Waals surface area contributed by atoms with Crippen molar-refractivity contribution in [2.24, 2.45) is 0 Å². The van der Waals surface area contributed by atoms with Gasteiger partial charge >= 0.3 is 0 Å². The number of likely N-dealkylation sites (N-methyl/N-ethyl adjacent to an activating group) is 1. The molecule has 172 valence electrons. The lowest BCUT2D eigenvalue weighted by molar-refractivity contribution is 0.0946. The average Bonchev–Trinajstić information content (AvgIpc) is 3.30. The second-order valence-corrected chi connectivity index (χ2v) is 8.27. The van der Waals surface area contributed by atoms with E-state index in [0.29, 0.717) is 37.4 Å². The largest absolute Gasteiger partial charge is 0.491 e. The Labute approximate surface area is 188 Å². The molecule has 2 aromatic rings. The fourth-order valence-electron chi connectivity index (χ4n) is 4.02. The van der Waals surface area contributed by atoms with E-state index in [1.54, 1.807) is 12.1 Å². The van der Waals surface area contributed by atoms with Crippen LogP contribution < -0.4 is 20.7 Å². The maximum atomic E-state index is 14.7. The highest BCUT2D eigenvalue weighted by Crippen LogP contribution is 2.30. The molecule has 0 spiro atoms. The summed E-state index contributed by atoms with van der Waals surface area (Å²) in [6.45, 7) is 6.48. The highest BCUT2D eigenvalue weighted by molar-refractivity contribution is 5.94. The monoisotopic (exact) mass is 441 g/mol. The summed E-state index contributed by atoms with van der Waals surface area (Å²) in [5.74, 6) is -0.357. The van der Waals surface area contributed by atoms with E-state index < -0.39 is 11.7 Å². The SMILES string of the molecule is CNCCOc1c(C=O)cc(Cc2ccc(C(=O)NCC3CCCN3)c(F)c2)c(C)c1C. The van der Waals surface area contributed by atoms with E-state index in [0.717, 1.165) is 47.9 Å². The number of rotatable bonds is 10. The van der Waals surface area contributed by atoms with Gasteiger partial charge in [0.25, 0.3) is 5.91 Å². The normalized spacial score (nSPS) is 15.6. The molecule has 32 heavy (non-hydrogen) atoms. The minimum absolute atomic E-state index is 0.0431. The summed E-state index contributed by atoms with van der Waals surface area (Å²) < 4.78 is 20.5. The van der Waals surface area contributed by atoms with Crippen LogP contribution >= 0.6 is 0 Å². The number of amides is 1. The summed E-state index contributed by atoms with van der Waals surface area (Å²) in [5.41, 5.74) is 4.09. The third-order valence-electron chi connectivity index (χ3n) is 6.05. The molecule has 1 heterocycles. The minimum atomic E-state index is -0.545. The van der Waals surface area contributed by atoms with Crippen LogP contribution in [0.2, 0.25) is 0 Å². The van der Waals surface area contributed by atoms with E-state index in [9.17, 15) is 14.0 Å². The van der Waals surface area contributed by atoms with E-state index in [1.165, 1.54) is 12.1 Å². The first kappa shape index (κ1) is 23.9. The zero-order chi connectivity index (χ0) is 23.1.